The Kier molecular flexibility index (Phi) is 3.80. The van der Waals surface area contributed by atoms with Crippen molar-refractivity contribution in [3.63, 3.8) is 0 Å². The smallest absolute Gasteiger partial charge is 0.311 e. The zero-order chi connectivity index (χ0) is 14.9. The fourth-order valence-corrected chi connectivity index (χ4v) is 2.37. The molecule has 0 saturated heterocycles. The van der Waals surface area contributed by atoms with Crippen molar-refractivity contribution >= 4 is 23.1 Å². The van der Waals surface area contributed by atoms with E-state index in [-0.39, 0.29) is 11.4 Å². The second kappa shape index (κ2) is 5.23. The third-order valence-electron chi connectivity index (χ3n) is 2.42. The van der Waals surface area contributed by atoms with Crippen LogP contribution in [0.25, 0.3) is 0 Å². The molecule has 0 aliphatic rings. The number of anilines is 1. The molecule has 1 N–H and O–H groups in total. The van der Waals surface area contributed by atoms with Gasteiger partial charge in [0.1, 0.15) is 10.8 Å². The van der Waals surface area contributed by atoms with Crippen molar-refractivity contribution in [3.8, 4) is 0 Å². The Morgan fingerprint density at radius 1 is 1.50 bits per heavy atom. The molecule has 0 radical (unpaired) electrons. The SMILES string of the molecule is Cc1cc(NC(=O)Cc2nc(C(F)(F)F)cs2)n(C)n1. The van der Waals surface area contributed by atoms with Gasteiger partial charge in [-0.3, -0.25) is 9.48 Å². The Hall–Kier alpha value is -1.90. The fourth-order valence-electron chi connectivity index (χ4n) is 1.57. The van der Waals surface area contributed by atoms with Crippen molar-refractivity contribution in [3.05, 3.63) is 27.8 Å². The molecule has 0 fully saturated rings. The monoisotopic (exact) mass is 304 g/mol. The van der Waals surface area contributed by atoms with Gasteiger partial charge in [0.25, 0.3) is 0 Å². The lowest BCUT2D eigenvalue weighted by molar-refractivity contribution is -0.140. The molecule has 0 aliphatic carbocycles. The van der Waals surface area contributed by atoms with Gasteiger partial charge in [0.15, 0.2) is 5.69 Å². The van der Waals surface area contributed by atoms with E-state index in [1.807, 2.05) is 0 Å². The van der Waals surface area contributed by atoms with E-state index in [0.29, 0.717) is 5.82 Å². The number of amides is 1. The van der Waals surface area contributed by atoms with E-state index in [4.69, 9.17) is 0 Å². The maximum Gasteiger partial charge on any atom is 0.434 e. The number of thiazole rings is 1. The first kappa shape index (κ1) is 14.5. The van der Waals surface area contributed by atoms with E-state index in [0.717, 1.165) is 22.4 Å². The summed E-state index contributed by atoms with van der Waals surface area (Å²) in [6.45, 7) is 1.77. The molecule has 108 valence electrons. The molecule has 0 bridgehead atoms. The summed E-state index contributed by atoms with van der Waals surface area (Å²) in [5.41, 5.74) is -0.238. The van der Waals surface area contributed by atoms with E-state index < -0.39 is 17.8 Å². The van der Waals surface area contributed by atoms with Crippen LogP contribution in [0.2, 0.25) is 0 Å². The number of alkyl halides is 3. The molecule has 0 aromatic carbocycles. The molecule has 2 rings (SSSR count). The number of aromatic nitrogens is 3. The summed E-state index contributed by atoms with van der Waals surface area (Å²) in [6, 6.07) is 1.67. The van der Waals surface area contributed by atoms with Crippen LogP contribution in [0, 0.1) is 6.92 Å². The third-order valence-corrected chi connectivity index (χ3v) is 3.27. The van der Waals surface area contributed by atoms with Crippen molar-refractivity contribution < 1.29 is 18.0 Å². The summed E-state index contributed by atoms with van der Waals surface area (Å²) >= 11 is 0.810. The van der Waals surface area contributed by atoms with E-state index in [9.17, 15) is 18.0 Å². The number of aryl methyl sites for hydroxylation is 2. The van der Waals surface area contributed by atoms with Crippen molar-refractivity contribution in [2.75, 3.05) is 5.32 Å². The molecule has 0 unspecified atom stereocenters. The van der Waals surface area contributed by atoms with Crippen LogP contribution >= 0.6 is 11.3 Å². The molecule has 0 spiro atoms. The maximum atomic E-state index is 12.4. The number of hydrogen-bond acceptors (Lipinski definition) is 4. The zero-order valence-electron chi connectivity index (χ0n) is 10.7. The van der Waals surface area contributed by atoms with Crippen LogP contribution in [0.4, 0.5) is 19.0 Å². The van der Waals surface area contributed by atoms with Gasteiger partial charge in [0, 0.05) is 18.5 Å². The number of hydrogen-bond donors (Lipinski definition) is 1. The van der Waals surface area contributed by atoms with Crippen molar-refractivity contribution in [2.24, 2.45) is 7.05 Å². The van der Waals surface area contributed by atoms with Gasteiger partial charge in [0.2, 0.25) is 5.91 Å². The molecule has 2 aromatic rings. The predicted octanol–water partition coefficient (Wildman–Crippen LogP) is 2.39. The number of rotatable bonds is 3. The molecule has 1 amide bonds. The third kappa shape index (κ3) is 3.35. The topological polar surface area (TPSA) is 59.8 Å². The second-order valence-corrected chi connectivity index (χ2v) is 5.09. The first-order valence-electron chi connectivity index (χ1n) is 5.58. The lowest BCUT2D eigenvalue weighted by atomic mass is 10.4. The van der Waals surface area contributed by atoms with Gasteiger partial charge in [-0.05, 0) is 6.92 Å². The summed E-state index contributed by atoms with van der Waals surface area (Å²) in [5, 5.41) is 7.64. The van der Waals surface area contributed by atoms with E-state index >= 15 is 0 Å². The molecule has 5 nitrogen and oxygen atoms in total. The Bertz CT molecular complexity index is 632. The quantitative estimate of drug-likeness (QED) is 0.947. The highest BCUT2D eigenvalue weighted by atomic mass is 32.1. The highest BCUT2D eigenvalue weighted by Gasteiger charge is 2.33. The lowest BCUT2D eigenvalue weighted by Gasteiger charge is -2.03. The fraction of sp³-hybridized carbons (Fsp3) is 0.364. The predicted molar refractivity (Wildman–Crippen MR) is 67.4 cm³/mol. The summed E-state index contributed by atoms with van der Waals surface area (Å²) < 4.78 is 38.6. The minimum atomic E-state index is -4.48. The van der Waals surface area contributed by atoms with Crippen LogP contribution in [-0.2, 0) is 24.4 Å². The van der Waals surface area contributed by atoms with E-state index in [1.165, 1.54) is 4.68 Å². The number of carbonyl (C=O) groups is 1. The van der Waals surface area contributed by atoms with Gasteiger partial charge >= 0.3 is 6.18 Å². The van der Waals surface area contributed by atoms with Crippen molar-refractivity contribution in [1.82, 2.24) is 14.8 Å². The molecular weight excluding hydrogens is 293 g/mol. The van der Waals surface area contributed by atoms with Gasteiger partial charge in [-0.1, -0.05) is 0 Å². The van der Waals surface area contributed by atoms with Crippen LogP contribution < -0.4 is 5.32 Å². The minimum absolute atomic E-state index is 0.119. The summed E-state index contributed by atoms with van der Waals surface area (Å²) in [4.78, 5) is 15.1. The molecule has 0 aliphatic heterocycles. The zero-order valence-corrected chi connectivity index (χ0v) is 11.5. The molecule has 2 aromatic heterocycles. The number of halogens is 3. The molecule has 9 heteroatoms. The van der Waals surface area contributed by atoms with Gasteiger partial charge in [0.05, 0.1) is 12.1 Å². The van der Waals surface area contributed by atoms with Crippen LogP contribution in [0.1, 0.15) is 16.4 Å². The Morgan fingerprint density at radius 3 is 2.70 bits per heavy atom. The molecular formula is C11H11F3N4OS. The van der Waals surface area contributed by atoms with Crippen LogP contribution in [0.3, 0.4) is 0 Å². The highest BCUT2D eigenvalue weighted by Crippen LogP contribution is 2.30. The van der Waals surface area contributed by atoms with Crippen molar-refractivity contribution in [1.29, 1.82) is 0 Å². The normalized spacial score (nSPS) is 11.7. The largest absolute Gasteiger partial charge is 0.434 e. The van der Waals surface area contributed by atoms with Crippen LogP contribution in [0.5, 0.6) is 0 Å². The number of carbonyl (C=O) groups excluding carboxylic acids is 1. The Balaban J connectivity index is 2.01. The minimum Gasteiger partial charge on any atom is -0.311 e. The highest BCUT2D eigenvalue weighted by molar-refractivity contribution is 7.09. The summed E-state index contributed by atoms with van der Waals surface area (Å²) in [7, 11) is 1.66. The van der Waals surface area contributed by atoms with Crippen LogP contribution in [-0.4, -0.2) is 20.7 Å². The van der Waals surface area contributed by atoms with Gasteiger partial charge in [-0.15, -0.1) is 11.3 Å². The van der Waals surface area contributed by atoms with E-state index in [2.05, 4.69) is 15.4 Å². The standard InChI is InChI=1S/C11H11F3N4OS/c1-6-3-8(18(2)17-6)16-9(19)4-10-15-7(5-20-10)11(12,13)14/h3,5H,4H2,1-2H3,(H,16,19). The average Bonchev–Trinajstić information content (AvgIpc) is 2.86. The number of nitrogens with zero attached hydrogens (tertiary/aromatic N) is 3. The first-order valence-corrected chi connectivity index (χ1v) is 6.46. The lowest BCUT2D eigenvalue weighted by Crippen LogP contribution is -2.16. The Labute approximate surface area is 116 Å². The van der Waals surface area contributed by atoms with Crippen LogP contribution in [0.15, 0.2) is 11.4 Å². The molecule has 0 saturated carbocycles. The van der Waals surface area contributed by atoms with E-state index in [1.54, 1.807) is 20.0 Å². The summed E-state index contributed by atoms with van der Waals surface area (Å²) in [5.74, 6) is 0.0520. The Morgan fingerprint density at radius 2 is 2.20 bits per heavy atom. The van der Waals surface area contributed by atoms with Crippen molar-refractivity contribution in [2.45, 2.75) is 19.5 Å². The first-order chi connectivity index (χ1) is 9.25. The van der Waals surface area contributed by atoms with Gasteiger partial charge in [-0.25, -0.2) is 4.98 Å². The maximum absolute atomic E-state index is 12.4. The average molecular weight is 304 g/mol. The van der Waals surface area contributed by atoms with Gasteiger partial charge in [-0.2, -0.15) is 18.3 Å². The number of nitrogens with one attached hydrogen (secondary N) is 1. The molecule has 2 heterocycles. The molecule has 20 heavy (non-hydrogen) atoms. The summed E-state index contributed by atoms with van der Waals surface area (Å²) in [6.07, 6.45) is -4.69. The molecule has 0 atom stereocenters. The second-order valence-electron chi connectivity index (χ2n) is 4.14. The van der Waals surface area contributed by atoms with Gasteiger partial charge < -0.3 is 5.32 Å².